The quantitative estimate of drug-likeness (QED) is 0.667. The molecule has 1 aliphatic rings. The lowest BCUT2D eigenvalue weighted by molar-refractivity contribution is 0.0531. The number of hydrogen-bond acceptors (Lipinski definition) is 6. The highest BCUT2D eigenvalue weighted by molar-refractivity contribution is 7.13. The van der Waals surface area contributed by atoms with Gasteiger partial charge in [-0.2, -0.15) is 0 Å². The van der Waals surface area contributed by atoms with Crippen molar-refractivity contribution in [2.24, 2.45) is 5.92 Å². The number of amides is 1. The Hall–Kier alpha value is -2.41. The van der Waals surface area contributed by atoms with E-state index in [-0.39, 0.29) is 18.0 Å². The van der Waals surface area contributed by atoms with Gasteiger partial charge in [-0.1, -0.05) is 37.3 Å². The first-order valence-corrected chi connectivity index (χ1v) is 10.5. The van der Waals surface area contributed by atoms with Crippen molar-refractivity contribution >= 4 is 23.4 Å². The Balaban J connectivity index is 1.48. The van der Waals surface area contributed by atoms with Crippen LogP contribution in [0.2, 0.25) is 0 Å². The molecule has 6 nitrogen and oxygen atoms in total. The number of likely N-dealkylation sites (tertiary alicyclic amines) is 1. The molecule has 28 heavy (non-hydrogen) atoms. The Labute approximate surface area is 169 Å². The molecule has 0 N–H and O–H groups in total. The van der Waals surface area contributed by atoms with E-state index in [4.69, 9.17) is 9.47 Å². The molecule has 2 aromatic rings. The van der Waals surface area contributed by atoms with Crippen molar-refractivity contribution in [2.75, 3.05) is 19.7 Å². The van der Waals surface area contributed by atoms with E-state index in [0.29, 0.717) is 37.1 Å². The van der Waals surface area contributed by atoms with E-state index >= 15 is 0 Å². The van der Waals surface area contributed by atoms with Gasteiger partial charge in [0.05, 0.1) is 17.8 Å². The Morgan fingerprint density at radius 1 is 1.21 bits per heavy atom. The van der Waals surface area contributed by atoms with Gasteiger partial charge in [0.25, 0.3) is 0 Å². The summed E-state index contributed by atoms with van der Waals surface area (Å²) in [7, 11) is 0. The molecule has 1 unspecified atom stereocenters. The van der Waals surface area contributed by atoms with Crippen molar-refractivity contribution < 1.29 is 19.1 Å². The first kappa shape index (κ1) is 20.3. The van der Waals surface area contributed by atoms with Crippen molar-refractivity contribution in [3.05, 3.63) is 52.0 Å². The summed E-state index contributed by atoms with van der Waals surface area (Å²) in [6, 6.07) is 9.69. The van der Waals surface area contributed by atoms with E-state index in [9.17, 15) is 9.59 Å². The van der Waals surface area contributed by atoms with E-state index in [1.807, 2.05) is 30.3 Å². The number of ether oxygens (including phenoxy) is 2. The first-order valence-electron chi connectivity index (χ1n) is 9.67. The number of nitrogens with zero attached hydrogens (tertiary/aromatic N) is 2. The topological polar surface area (TPSA) is 68.7 Å². The summed E-state index contributed by atoms with van der Waals surface area (Å²) in [4.78, 5) is 30.9. The van der Waals surface area contributed by atoms with Gasteiger partial charge in [0, 0.05) is 19.0 Å². The molecule has 0 radical (unpaired) electrons. The molecule has 0 aliphatic carbocycles. The lowest BCUT2D eigenvalue weighted by Crippen LogP contribution is -2.39. The summed E-state index contributed by atoms with van der Waals surface area (Å²) in [5.74, 6) is 0.365. The molecule has 1 aromatic heterocycles. The number of esters is 1. The van der Waals surface area contributed by atoms with Crippen LogP contribution in [-0.4, -0.2) is 41.6 Å². The summed E-state index contributed by atoms with van der Waals surface area (Å²) in [6.45, 7) is 5.95. The maximum atomic E-state index is 12.3. The summed E-state index contributed by atoms with van der Waals surface area (Å²) in [5.41, 5.74) is 0.987. The fraction of sp³-hybridized carbons (Fsp3) is 0.476. The summed E-state index contributed by atoms with van der Waals surface area (Å²) in [6.07, 6.45) is 3.14. The summed E-state index contributed by atoms with van der Waals surface area (Å²) >= 11 is 1.40. The normalized spacial score (nSPS) is 15.9. The molecule has 1 saturated heterocycles. The fourth-order valence-electron chi connectivity index (χ4n) is 3.39. The number of rotatable bonds is 6. The van der Waals surface area contributed by atoms with E-state index in [1.54, 1.807) is 18.0 Å². The number of piperidine rings is 1. The third kappa shape index (κ3) is 5.10. The van der Waals surface area contributed by atoms with Gasteiger partial charge in [0.2, 0.25) is 0 Å². The van der Waals surface area contributed by atoms with E-state index in [1.165, 1.54) is 11.3 Å². The van der Waals surface area contributed by atoms with Crippen LogP contribution in [0.4, 0.5) is 4.79 Å². The zero-order chi connectivity index (χ0) is 19.9. The summed E-state index contributed by atoms with van der Waals surface area (Å²) in [5, 5.41) is 0.952. The molecule has 1 aromatic carbocycles. The molecular weight excluding hydrogens is 376 g/mol. The smallest absolute Gasteiger partial charge is 0.410 e. The minimum atomic E-state index is -0.311. The highest BCUT2D eigenvalue weighted by Crippen LogP contribution is 2.34. The monoisotopic (exact) mass is 402 g/mol. The van der Waals surface area contributed by atoms with Crippen LogP contribution in [0.3, 0.4) is 0 Å². The predicted molar refractivity (Wildman–Crippen MR) is 107 cm³/mol. The Morgan fingerprint density at radius 3 is 2.61 bits per heavy atom. The van der Waals surface area contributed by atoms with Crippen molar-refractivity contribution in [1.82, 2.24) is 9.88 Å². The van der Waals surface area contributed by atoms with Crippen LogP contribution in [0.5, 0.6) is 0 Å². The molecular formula is C21H26N2O4S. The maximum absolute atomic E-state index is 12.3. The largest absolute Gasteiger partial charge is 0.462 e. The number of benzene rings is 1. The molecule has 0 saturated carbocycles. The van der Waals surface area contributed by atoms with Gasteiger partial charge in [0.15, 0.2) is 0 Å². The van der Waals surface area contributed by atoms with Crippen LogP contribution in [0, 0.1) is 5.92 Å². The van der Waals surface area contributed by atoms with Crippen LogP contribution in [0.25, 0.3) is 0 Å². The van der Waals surface area contributed by atoms with Crippen LogP contribution in [0.15, 0.2) is 36.5 Å². The third-order valence-corrected chi connectivity index (χ3v) is 6.28. The highest BCUT2D eigenvalue weighted by Gasteiger charge is 2.29. The Bertz CT molecular complexity index is 785. The van der Waals surface area contributed by atoms with Gasteiger partial charge >= 0.3 is 12.1 Å². The standard InChI is InChI=1S/C21H26N2O4S/c1-3-26-20(24)18-13-22-19(28-18)15(2)17-9-11-23(12-10-17)21(25)27-14-16-7-5-4-6-8-16/h4-8,13,15,17H,3,9-12,14H2,1-2H3. The Morgan fingerprint density at radius 2 is 1.93 bits per heavy atom. The number of carbonyl (C=O) groups excluding carboxylic acids is 2. The SMILES string of the molecule is CCOC(=O)c1cnc(C(C)C2CCN(C(=O)OCc3ccccc3)CC2)s1. The molecule has 150 valence electrons. The molecule has 0 bridgehead atoms. The summed E-state index contributed by atoms with van der Waals surface area (Å²) < 4.78 is 10.5. The lowest BCUT2D eigenvalue weighted by Gasteiger charge is -2.33. The number of hydrogen-bond donors (Lipinski definition) is 0. The van der Waals surface area contributed by atoms with Gasteiger partial charge in [-0.3, -0.25) is 0 Å². The van der Waals surface area contributed by atoms with Gasteiger partial charge in [-0.15, -0.1) is 11.3 Å². The average molecular weight is 403 g/mol. The molecule has 3 rings (SSSR count). The second-order valence-corrected chi connectivity index (χ2v) is 8.00. The van der Waals surface area contributed by atoms with Crippen LogP contribution in [0.1, 0.15) is 52.8 Å². The molecule has 1 atom stereocenters. The minimum absolute atomic E-state index is 0.246. The highest BCUT2D eigenvalue weighted by atomic mass is 32.1. The lowest BCUT2D eigenvalue weighted by atomic mass is 9.86. The van der Waals surface area contributed by atoms with Gasteiger partial charge in [-0.05, 0) is 31.2 Å². The van der Waals surface area contributed by atoms with Crippen LogP contribution >= 0.6 is 11.3 Å². The number of carbonyl (C=O) groups is 2. The molecule has 0 spiro atoms. The zero-order valence-electron chi connectivity index (χ0n) is 16.3. The molecule has 7 heteroatoms. The fourth-order valence-corrected chi connectivity index (χ4v) is 4.35. The maximum Gasteiger partial charge on any atom is 0.410 e. The Kier molecular flexibility index (Phi) is 7.03. The molecule has 2 heterocycles. The van der Waals surface area contributed by atoms with Crippen molar-refractivity contribution in [1.29, 1.82) is 0 Å². The van der Waals surface area contributed by atoms with Gasteiger partial charge in [0.1, 0.15) is 11.5 Å². The minimum Gasteiger partial charge on any atom is -0.462 e. The molecule has 1 fully saturated rings. The van der Waals surface area contributed by atoms with Gasteiger partial charge < -0.3 is 14.4 Å². The predicted octanol–water partition coefficient (Wildman–Crippen LogP) is 4.47. The van der Waals surface area contributed by atoms with Crippen LogP contribution in [-0.2, 0) is 16.1 Å². The van der Waals surface area contributed by atoms with Crippen LogP contribution < -0.4 is 0 Å². The van der Waals surface area contributed by atoms with Crippen molar-refractivity contribution in [2.45, 2.75) is 39.2 Å². The average Bonchev–Trinajstić information content (AvgIpc) is 3.23. The number of thiazole rings is 1. The van der Waals surface area contributed by atoms with Crippen molar-refractivity contribution in [3.63, 3.8) is 0 Å². The van der Waals surface area contributed by atoms with E-state index in [0.717, 1.165) is 23.4 Å². The second-order valence-electron chi connectivity index (χ2n) is 6.94. The van der Waals surface area contributed by atoms with E-state index in [2.05, 4.69) is 11.9 Å². The zero-order valence-corrected chi connectivity index (χ0v) is 17.1. The van der Waals surface area contributed by atoms with Crippen molar-refractivity contribution in [3.8, 4) is 0 Å². The molecule has 1 amide bonds. The first-order chi connectivity index (χ1) is 13.6. The third-order valence-electron chi connectivity index (χ3n) is 5.10. The number of aromatic nitrogens is 1. The molecule has 1 aliphatic heterocycles. The van der Waals surface area contributed by atoms with E-state index < -0.39 is 0 Å². The second kappa shape index (κ2) is 9.68. The van der Waals surface area contributed by atoms with Gasteiger partial charge in [-0.25, -0.2) is 14.6 Å².